The van der Waals surface area contributed by atoms with Crippen LogP contribution in [0.3, 0.4) is 0 Å². The molecule has 31 heavy (non-hydrogen) atoms. The summed E-state index contributed by atoms with van der Waals surface area (Å²) in [6.07, 6.45) is 0. The minimum absolute atomic E-state index is 0.0683. The van der Waals surface area contributed by atoms with E-state index >= 15 is 0 Å². The molecule has 0 N–H and O–H groups in total. The number of ether oxygens (including phenoxy) is 4. The van der Waals surface area contributed by atoms with Crippen LogP contribution in [-0.4, -0.2) is 51.8 Å². The summed E-state index contributed by atoms with van der Waals surface area (Å²) in [5.74, 6) is -0.0536. The van der Waals surface area contributed by atoms with Gasteiger partial charge in [-0.25, -0.2) is 13.2 Å². The van der Waals surface area contributed by atoms with E-state index in [-0.39, 0.29) is 36.9 Å². The van der Waals surface area contributed by atoms with Crippen LogP contribution in [-0.2, 0) is 37.4 Å². The Morgan fingerprint density at radius 3 is 2.71 bits per heavy atom. The SMILES string of the molecule is Cc1ccc(C(=O)OCc2cc(Cl)cc3c2OCOC3)cc1S(=O)(=O)N1CCOCC1. The van der Waals surface area contributed by atoms with Crippen molar-refractivity contribution in [1.82, 2.24) is 4.31 Å². The third-order valence-electron chi connectivity index (χ3n) is 5.12. The van der Waals surface area contributed by atoms with Gasteiger partial charge in [0.1, 0.15) is 12.4 Å². The van der Waals surface area contributed by atoms with Crippen LogP contribution in [0.5, 0.6) is 5.75 Å². The Bertz CT molecular complexity index is 1100. The number of aryl methyl sites for hydroxylation is 1. The molecule has 0 unspecified atom stereocenters. The zero-order chi connectivity index (χ0) is 22.0. The molecule has 2 aromatic rings. The van der Waals surface area contributed by atoms with E-state index in [0.29, 0.717) is 41.7 Å². The Hall–Kier alpha value is -2.17. The molecule has 2 aromatic carbocycles. The van der Waals surface area contributed by atoms with Gasteiger partial charge in [0.05, 0.1) is 30.3 Å². The van der Waals surface area contributed by atoms with Crippen molar-refractivity contribution in [3.8, 4) is 5.75 Å². The molecule has 1 fully saturated rings. The van der Waals surface area contributed by atoms with Gasteiger partial charge in [0.25, 0.3) is 0 Å². The van der Waals surface area contributed by atoms with E-state index in [1.54, 1.807) is 31.2 Å². The standard InChI is InChI=1S/C21H22ClNO7S/c1-14-2-3-15(10-19(14)31(25,26)23-4-6-27-7-5-23)21(24)29-12-17-9-18(22)8-16-11-28-13-30-20(16)17/h2-3,8-10H,4-7,11-13H2,1H3. The molecule has 4 rings (SSSR count). The quantitative estimate of drug-likeness (QED) is 0.624. The van der Waals surface area contributed by atoms with Gasteiger partial charge in [-0.05, 0) is 36.8 Å². The van der Waals surface area contributed by atoms with E-state index in [1.165, 1.54) is 10.4 Å². The smallest absolute Gasteiger partial charge is 0.338 e. The molecule has 10 heteroatoms. The molecule has 0 atom stereocenters. The van der Waals surface area contributed by atoms with E-state index < -0.39 is 16.0 Å². The third kappa shape index (κ3) is 4.70. The molecule has 2 aliphatic rings. The second-order valence-corrected chi connectivity index (χ2v) is 9.58. The number of benzene rings is 2. The Morgan fingerprint density at radius 1 is 1.16 bits per heavy atom. The normalized spacial score (nSPS) is 17.0. The highest BCUT2D eigenvalue weighted by Crippen LogP contribution is 2.32. The van der Waals surface area contributed by atoms with Crippen LogP contribution in [0.4, 0.5) is 0 Å². The number of carbonyl (C=O) groups is 1. The van der Waals surface area contributed by atoms with Gasteiger partial charge in [-0.1, -0.05) is 17.7 Å². The fourth-order valence-corrected chi connectivity index (χ4v) is 5.44. The van der Waals surface area contributed by atoms with Gasteiger partial charge in [-0.2, -0.15) is 4.31 Å². The molecular weight excluding hydrogens is 446 g/mol. The Labute approximate surface area is 185 Å². The number of fused-ring (bicyclic) bond motifs is 1. The number of nitrogens with zero attached hydrogens (tertiary/aromatic N) is 1. The summed E-state index contributed by atoms with van der Waals surface area (Å²) in [5.41, 5.74) is 2.10. The van der Waals surface area contributed by atoms with Crippen molar-refractivity contribution in [2.45, 2.75) is 25.0 Å². The lowest BCUT2D eigenvalue weighted by molar-refractivity contribution is -0.0180. The first-order valence-corrected chi connectivity index (χ1v) is 11.6. The third-order valence-corrected chi connectivity index (χ3v) is 7.38. The first kappa shape index (κ1) is 22.0. The van der Waals surface area contributed by atoms with Gasteiger partial charge >= 0.3 is 5.97 Å². The number of morpholine rings is 1. The summed E-state index contributed by atoms with van der Waals surface area (Å²) in [6.45, 7) is 3.34. The molecule has 0 aromatic heterocycles. The van der Waals surface area contributed by atoms with Crippen molar-refractivity contribution >= 4 is 27.6 Å². The van der Waals surface area contributed by atoms with E-state index in [9.17, 15) is 13.2 Å². The van der Waals surface area contributed by atoms with Crippen molar-refractivity contribution < 1.29 is 32.2 Å². The molecule has 8 nitrogen and oxygen atoms in total. The van der Waals surface area contributed by atoms with Gasteiger partial charge in [-0.15, -0.1) is 0 Å². The van der Waals surface area contributed by atoms with Crippen LogP contribution >= 0.6 is 11.6 Å². The number of hydrogen-bond donors (Lipinski definition) is 0. The molecule has 0 saturated carbocycles. The fourth-order valence-electron chi connectivity index (χ4n) is 3.52. The van der Waals surface area contributed by atoms with Crippen molar-refractivity contribution in [2.24, 2.45) is 0 Å². The maximum absolute atomic E-state index is 13.0. The monoisotopic (exact) mass is 467 g/mol. The van der Waals surface area contributed by atoms with Gasteiger partial charge in [0.2, 0.25) is 10.0 Å². The molecule has 2 aliphatic heterocycles. The molecule has 1 saturated heterocycles. The van der Waals surface area contributed by atoms with E-state index in [0.717, 1.165) is 5.56 Å². The van der Waals surface area contributed by atoms with Gasteiger partial charge in [0.15, 0.2) is 6.79 Å². The van der Waals surface area contributed by atoms with E-state index in [2.05, 4.69) is 0 Å². The molecule has 0 spiro atoms. The second kappa shape index (κ2) is 9.13. The van der Waals surface area contributed by atoms with Gasteiger partial charge in [-0.3, -0.25) is 0 Å². The number of hydrogen-bond acceptors (Lipinski definition) is 7. The van der Waals surface area contributed by atoms with Crippen LogP contribution in [0, 0.1) is 6.92 Å². The average molecular weight is 468 g/mol. The molecule has 0 aliphatic carbocycles. The Kier molecular flexibility index (Phi) is 6.49. The summed E-state index contributed by atoms with van der Waals surface area (Å²) in [6, 6.07) is 7.92. The van der Waals surface area contributed by atoms with Gasteiger partial charge in [0, 0.05) is 29.2 Å². The number of sulfonamides is 1. The Morgan fingerprint density at radius 2 is 1.94 bits per heavy atom. The largest absolute Gasteiger partial charge is 0.467 e. The number of esters is 1. The highest BCUT2D eigenvalue weighted by molar-refractivity contribution is 7.89. The number of carbonyl (C=O) groups excluding carboxylic acids is 1. The highest BCUT2D eigenvalue weighted by Gasteiger charge is 2.28. The molecule has 166 valence electrons. The molecule has 0 radical (unpaired) electrons. The van der Waals surface area contributed by atoms with Crippen LogP contribution in [0.2, 0.25) is 5.02 Å². The lowest BCUT2D eigenvalue weighted by atomic mass is 10.1. The average Bonchev–Trinajstić information content (AvgIpc) is 2.78. The predicted octanol–water partition coefficient (Wildman–Crippen LogP) is 2.89. The summed E-state index contributed by atoms with van der Waals surface area (Å²) >= 11 is 6.14. The predicted molar refractivity (Wildman–Crippen MR) is 112 cm³/mol. The second-order valence-electron chi connectivity index (χ2n) is 7.24. The van der Waals surface area contributed by atoms with Crippen LogP contribution in [0.15, 0.2) is 35.2 Å². The summed E-state index contributed by atoms with van der Waals surface area (Å²) < 4.78 is 48.9. The number of rotatable bonds is 5. The van der Waals surface area contributed by atoms with Crippen molar-refractivity contribution in [1.29, 1.82) is 0 Å². The topological polar surface area (TPSA) is 91.4 Å². The molecule has 0 bridgehead atoms. The molecule has 2 heterocycles. The summed E-state index contributed by atoms with van der Waals surface area (Å²) in [5, 5.41) is 0.480. The first-order chi connectivity index (χ1) is 14.9. The minimum atomic E-state index is -3.74. The van der Waals surface area contributed by atoms with E-state index in [1.807, 2.05) is 0 Å². The maximum atomic E-state index is 13.0. The van der Waals surface area contributed by atoms with Crippen LogP contribution in [0.25, 0.3) is 0 Å². The zero-order valence-corrected chi connectivity index (χ0v) is 18.5. The summed E-state index contributed by atoms with van der Waals surface area (Å²) in [4.78, 5) is 12.8. The van der Waals surface area contributed by atoms with Gasteiger partial charge < -0.3 is 18.9 Å². The van der Waals surface area contributed by atoms with Crippen molar-refractivity contribution in [2.75, 3.05) is 33.1 Å². The number of halogens is 1. The van der Waals surface area contributed by atoms with Crippen molar-refractivity contribution in [3.63, 3.8) is 0 Å². The maximum Gasteiger partial charge on any atom is 0.338 e. The lowest BCUT2D eigenvalue weighted by Crippen LogP contribution is -2.40. The van der Waals surface area contributed by atoms with E-state index in [4.69, 9.17) is 30.5 Å². The molecule has 0 amide bonds. The zero-order valence-electron chi connectivity index (χ0n) is 16.9. The van der Waals surface area contributed by atoms with Crippen LogP contribution in [0.1, 0.15) is 27.0 Å². The van der Waals surface area contributed by atoms with Crippen molar-refractivity contribution in [3.05, 3.63) is 57.6 Å². The minimum Gasteiger partial charge on any atom is -0.467 e. The first-order valence-electron chi connectivity index (χ1n) is 9.74. The Balaban J connectivity index is 1.54. The highest BCUT2D eigenvalue weighted by atomic mass is 35.5. The molecular formula is C21H22ClNO7S. The lowest BCUT2D eigenvalue weighted by Gasteiger charge is -2.26. The fraction of sp³-hybridized carbons (Fsp3) is 0.381. The van der Waals surface area contributed by atoms with Crippen LogP contribution < -0.4 is 4.74 Å². The summed E-state index contributed by atoms with van der Waals surface area (Å²) in [7, 11) is -3.74.